The lowest BCUT2D eigenvalue weighted by molar-refractivity contribution is 0.348. The van der Waals surface area contributed by atoms with Gasteiger partial charge in [-0.2, -0.15) is 4.31 Å². The molecule has 0 spiro atoms. The number of nitrogens with two attached hydrogens (primary N) is 1. The van der Waals surface area contributed by atoms with E-state index in [1.807, 2.05) is 13.8 Å². The fraction of sp³-hybridized carbons (Fsp3) is 0.500. The van der Waals surface area contributed by atoms with Crippen LogP contribution in [0.25, 0.3) is 0 Å². The first-order chi connectivity index (χ1) is 8.75. The monoisotopic (exact) mass is 352 g/mol. The van der Waals surface area contributed by atoms with Gasteiger partial charge in [0.1, 0.15) is 4.90 Å². The maximum Gasteiger partial charge on any atom is 0.246 e. The van der Waals surface area contributed by atoms with E-state index < -0.39 is 20.7 Å². The van der Waals surface area contributed by atoms with Crippen molar-refractivity contribution in [2.24, 2.45) is 0 Å². The standard InChI is InChI=1S/C12H18BrFN2O2S/c1-4-9(5-2)16(3)19(17,18)11-7-8(15)6-10(13)12(11)14/h6-7,9H,4-5,15H2,1-3H3. The first-order valence-electron chi connectivity index (χ1n) is 5.98. The molecule has 0 unspecified atom stereocenters. The third-order valence-electron chi connectivity index (χ3n) is 3.13. The molecule has 0 saturated carbocycles. The molecule has 0 amide bonds. The lowest BCUT2D eigenvalue weighted by Gasteiger charge is -2.25. The van der Waals surface area contributed by atoms with E-state index in [0.717, 1.165) is 6.07 Å². The molecule has 0 atom stereocenters. The minimum atomic E-state index is -3.89. The molecule has 0 fully saturated rings. The summed E-state index contributed by atoms with van der Waals surface area (Å²) in [6, 6.07) is 2.32. The zero-order chi connectivity index (χ0) is 14.8. The number of nitrogen functional groups attached to an aromatic ring is 1. The SMILES string of the molecule is CCC(CC)N(C)S(=O)(=O)c1cc(N)cc(Br)c1F. The highest BCUT2D eigenvalue weighted by molar-refractivity contribution is 9.10. The van der Waals surface area contributed by atoms with E-state index in [1.54, 1.807) is 0 Å². The van der Waals surface area contributed by atoms with Gasteiger partial charge in [0, 0.05) is 18.8 Å². The Hall–Kier alpha value is -0.660. The van der Waals surface area contributed by atoms with Crippen molar-refractivity contribution in [3.63, 3.8) is 0 Å². The van der Waals surface area contributed by atoms with Crippen molar-refractivity contribution < 1.29 is 12.8 Å². The minimum absolute atomic E-state index is 0.0454. The number of anilines is 1. The summed E-state index contributed by atoms with van der Waals surface area (Å²) in [5, 5.41) is 0. The van der Waals surface area contributed by atoms with Crippen molar-refractivity contribution in [2.75, 3.05) is 12.8 Å². The van der Waals surface area contributed by atoms with E-state index in [0.29, 0.717) is 12.8 Å². The van der Waals surface area contributed by atoms with Gasteiger partial charge in [0.15, 0.2) is 5.82 Å². The van der Waals surface area contributed by atoms with Crippen LogP contribution in [0.5, 0.6) is 0 Å². The molecule has 108 valence electrons. The largest absolute Gasteiger partial charge is 0.399 e. The molecule has 0 aliphatic heterocycles. The maximum atomic E-state index is 14.0. The van der Waals surface area contributed by atoms with Crippen LogP contribution >= 0.6 is 15.9 Å². The van der Waals surface area contributed by atoms with Crippen molar-refractivity contribution in [1.29, 1.82) is 0 Å². The summed E-state index contributed by atoms with van der Waals surface area (Å²) >= 11 is 2.97. The van der Waals surface area contributed by atoms with Crippen LogP contribution in [0.1, 0.15) is 26.7 Å². The fourth-order valence-electron chi connectivity index (χ4n) is 1.93. The number of nitrogens with zero attached hydrogens (tertiary/aromatic N) is 1. The van der Waals surface area contributed by atoms with Gasteiger partial charge >= 0.3 is 0 Å². The first kappa shape index (κ1) is 16.4. The van der Waals surface area contributed by atoms with Gasteiger partial charge in [0.25, 0.3) is 0 Å². The van der Waals surface area contributed by atoms with Crippen LogP contribution in [0.2, 0.25) is 0 Å². The second-order valence-corrected chi connectivity index (χ2v) is 7.13. The zero-order valence-electron chi connectivity index (χ0n) is 11.2. The third-order valence-corrected chi connectivity index (χ3v) is 5.62. The van der Waals surface area contributed by atoms with Gasteiger partial charge in [-0.1, -0.05) is 13.8 Å². The van der Waals surface area contributed by atoms with Crippen LogP contribution < -0.4 is 5.73 Å². The molecule has 0 bridgehead atoms. The van der Waals surface area contributed by atoms with E-state index in [9.17, 15) is 12.8 Å². The third kappa shape index (κ3) is 3.27. The Morgan fingerprint density at radius 2 is 1.89 bits per heavy atom. The van der Waals surface area contributed by atoms with E-state index >= 15 is 0 Å². The van der Waals surface area contributed by atoms with Crippen LogP contribution in [-0.2, 0) is 10.0 Å². The normalized spacial score (nSPS) is 12.4. The predicted molar refractivity (Wildman–Crippen MR) is 77.8 cm³/mol. The summed E-state index contributed by atoms with van der Waals surface area (Å²) in [7, 11) is -2.43. The highest BCUT2D eigenvalue weighted by atomic mass is 79.9. The maximum absolute atomic E-state index is 14.0. The molecular weight excluding hydrogens is 335 g/mol. The smallest absolute Gasteiger partial charge is 0.246 e. The molecule has 0 aromatic heterocycles. The Morgan fingerprint density at radius 1 is 1.37 bits per heavy atom. The lowest BCUT2D eigenvalue weighted by atomic mass is 10.2. The van der Waals surface area contributed by atoms with Crippen molar-refractivity contribution in [1.82, 2.24) is 4.31 Å². The lowest BCUT2D eigenvalue weighted by Crippen LogP contribution is -2.36. The number of sulfonamides is 1. The number of benzene rings is 1. The molecule has 1 aromatic carbocycles. The fourth-order valence-corrected chi connectivity index (χ4v) is 4.16. The Kier molecular flexibility index (Phi) is 5.34. The van der Waals surface area contributed by atoms with Crippen LogP contribution in [0.15, 0.2) is 21.5 Å². The highest BCUT2D eigenvalue weighted by Crippen LogP contribution is 2.29. The number of rotatable bonds is 5. The average molecular weight is 353 g/mol. The second kappa shape index (κ2) is 6.19. The Labute approximate surface area is 122 Å². The van der Waals surface area contributed by atoms with Crippen molar-refractivity contribution >= 4 is 31.6 Å². The van der Waals surface area contributed by atoms with Gasteiger partial charge in [-0.15, -0.1) is 0 Å². The molecule has 0 saturated heterocycles. The molecule has 4 nitrogen and oxygen atoms in total. The van der Waals surface area contributed by atoms with Gasteiger partial charge in [0.2, 0.25) is 10.0 Å². The first-order valence-corrected chi connectivity index (χ1v) is 8.21. The summed E-state index contributed by atoms with van der Waals surface area (Å²) in [4.78, 5) is -0.395. The van der Waals surface area contributed by atoms with Gasteiger partial charge in [-0.05, 0) is 40.9 Å². The predicted octanol–water partition coefficient (Wildman–Crippen LogP) is 2.98. The molecule has 0 heterocycles. The van der Waals surface area contributed by atoms with Gasteiger partial charge in [0.05, 0.1) is 4.47 Å². The summed E-state index contributed by atoms with van der Waals surface area (Å²) in [6.45, 7) is 3.79. The molecule has 2 N–H and O–H groups in total. The van der Waals surface area contributed by atoms with E-state index in [-0.39, 0.29) is 16.2 Å². The Balaban J connectivity index is 3.35. The molecule has 0 aliphatic carbocycles. The number of halogens is 2. The molecule has 7 heteroatoms. The van der Waals surface area contributed by atoms with Crippen LogP contribution in [0.4, 0.5) is 10.1 Å². The summed E-state index contributed by atoms with van der Waals surface area (Å²) < 4.78 is 40.1. The van der Waals surface area contributed by atoms with Gasteiger partial charge < -0.3 is 5.73 Å². The van der Waals surface area contributed by atoms with E-state index in [1.165, 1.54) is 17.4 Å². The molecular formula is C12H18BrFN2O2S. The summed E-state index contributed by atoms with van der Waals surface area (Å²) in [5.41, 5.74) is 5.79. The summed E-state index contributed by atoms with van der Waals surface area (Å²) in [6.07, 6.45) is 1.33. The van der Waals surface area contributed by atoms with Crippen LogP contribution in [0.3, 0.4) is 0 Å². The van der Waals surface area contributed by atoms with Gasteiger partial charge in [-0.3, -0.25) is 0 Å². The molecule has 0 radical (unpaired) electrons. The van der Waals surface area contributed by atoms with Crippen LogP contribution in [0, 0.1) is 5.82 Å². The Bertz CT molecular complexity index is 559. The molecule has 0 aliphatic rings. The quantitative estimate of drug-likeness (QED) is 0.828. The zero-order valence-corrected chi connectivity index (χ0v) is 13.6. The molecule has 1 rings (SSSR count). The molecule has 1 aromatic rings. The number of hydrogen-bond acceptors (Lipinski definition) is 3. The number of hydrogen-bond donors (Lipinski definition) is 1. The van der Waals surface area contributed by atoms with Crippen molar-refractivity contribution in [2.45, 2.75) is 37.6 Å². The van der Waals surface area contributed by atoms with E-state index in [4.69, 9.17) is 5.73 Å². The van der Waals surface area contributed by atoms with Crippen molar-refractivity contribution in [3.8, 4) is 0 Å². The highest BCUT2D eigenvalue weighted by Gasteiger charge is 2.29. The minimum Gasteiger partial charge on any atom is -0.399 e. The van der Waals surface area contributed by atoms with Crippen LogP contribution in [-0.4, -0.2) is 25.8 Å². The molecule has 19 heavy (non-hydrogen) atoms. The summed E-state index contributed by atoms with van der Waals surface area (Å²) in [5.74, 6) is -0.813. The average Bonchev–Trinajstić information content (AvgIpc) is 2.34. The Morgan fingerprint density at radius 3 is 2.37 bits per heavy atom. The van der Waals surface area contributed by atoms with Gasteiger partial charge in [-0.25, -0.2) is 12.8 Å². The van der Waals surface area contributed by atoms with Crippen molar-refractivity contribution in [3.05, 3.63) is 22.4 Å². The van der Waals surface area contributed by atoms with E-state index in [2.05, 4.69) is 15.9 Å². The second-order valence-electron chi connectivity index (χ2n) is 4.31. The topological polar surface area (TPSA) is 63.4 Å².